The van der Waals surface area contributed by atoms with E-state index in [0.717, 1.165) is 0 Å². The molecule has 1 unspecified atom stereocenters. The summed E-state index contributed by atoms with van der Waals surface area (Å²) in [6.45, 7) is 3.77. The Morgan fingerprint density at radius 3 is 2.31 bits per heavy atom. The number of para-hydroxylation sites is 1. The molecule has 1 aromatic heterocycles. The second-order valence-corrected chi connectivity index (χ2v) is 5.84. The number of carbonyl (C=O) groups is 3. The lowest BCUT2D eigenvalue weighted by Crippen LogP contribution is -2.45. The molecule has 0 aliphatic rings. The van der Waals surface area contributed by atoms with Crippen LogP contribution in [0, 0.1) is 5.92 Å². The zero-order valence-corrected chi connectivity index (χ0v) is 14.7. The molecule has 3 N–H and O–H groups in total. The van der Waals surface area contributed by atoms with Gasteiger partial charge in [-0.3, -0.25) is 9.59 Å². The first-order valence-corrected chi connectivity index (χ1v) is 8.45. The predicted octanol–water partition coefficient (Wildman–Crippen LogP) is 3.15. The number of carboxylic acids is 1. The Kier molecular flexibility index (Phi) is 6.54. The fourth-order valence-corrected chi connectivity index (χ4v) is 2.74. The molecule has 0 saturated heterocycles. The Morgan fingerprint density at radius 1 is 1.04 bits per heavy atom. The quantitative estimate of drug-likeness (QED) is 0.672. The summed E-state index contributed by atoms with van der Waals surface area (Å²) in [5, 5.41) is 14.6. The molecule has 0 radical (unpaired) electrons. The third-order valence-electron chi connectivity index (χ3n) is 4.24. The highest BCUT2D eigenvalue weighted by atomic mass is 16.4. The summed E-state index contributed by atoms with van der Waals surface area (Å²) < 4.78 is 5.03. The maximum Gasteiger partial charge on any atom is 0.326 e. The molecule has 2 rings (SSSR count). The zero-order chi connectivity index (χ0) is 19.1. The molecule has 0 aliphatic heterocycles. The summed E-state index contributed by atoms with van der Waals surface area (Å²) in [4.78, 5) is 36.3. The van der Waals surface area contributed by atoms with Crippen LogP contribution in [0.15, 0.2) is 47.1 Å². The van der Waals surface area contributed by atoms with E-state index in [1.54, 1.807) is 24.3 Å². The molecule has 1 atom stereocenters. The number of amides is 2. The van der Waals surface area contributed by atoms with Gasteiger partial charge < -0.3 is 20.2 Å². The van der Waals surface area contributed by atoms with E-state index >= 15 is 0 Å². The van der Waals surface area contributed by atoms with Gasteiger partial charge in [-0.05, 0) is 30.2 Å². The minimum absolute atomic E-state index is 0.112. The van der Waals surface area contributed by atoms with Crippen LogP contribution in [-0.4, -0.2) is 28.9 Å². The Morgan fingerprint density at radius 2 is 1.73 bits per heavy atom. The van der Waals surface area contributed by atoms with Crippen molar-refractivity contribution in [2.45, 2.75) is 32.7 Å². The fourth-order valence-electron chi connectivity index (χ4n) is 2.74. The normalized spacial score (nSPS) is 11.8. The van der Waals surface area contributed by atoms with Crippen molar-refractivity contribution in [2.75, 3.05) is 5.32 Å². The summed E-state index contributed by atoms with van der Waals surface area (Å²) in [5.41, 5.74) is 0.463. The van der Waals surface area contributed by atoms with E-state index in [1.807, 2.05) is 13.8 Å². The van der Waals surface area contributed by atoms with Crippen molar-refractivity contribution in [3.8, 4) is 0 Å². The number of aliphatic carboxylic acids is 1. The van der Waals surface area contributed by atoms with E-state index in [9.17, 15) is 19.5 Å². The predicted molar refractivity (Wildman–Crippen MR) is 96.1 cm³/mol. The summed E-state index contributed by atoms with van der Waals surface area (Å²) in [6.07, 6.45) is 2.63. The van der Waals surface area contributed by atoms with Gasteiger partial charge in [0.1, 0.15) is 6.04 Å². The van der Waals surface area contributed by atoms with Gasteiger partial charge >= 0.3 is 5.97 Å². The Labute approximate surface area is 151 Å². The smallest absolute Gasteiger partial charge is 0.326 e. The minimum atomic E-state index is -1.08. The Hall–Kier alpha value is -3.09. The molecular formula is C19H22N2O5. The number of carboxylic acid groups (broad SMARTS) is 1. The van der Waals surface area contributed by atoms with Gasteiger partial charge in [0.2, 0.25) is 0 Å². The SMILES string of the molecule is CCC(CC)C(NC(=O)c1ccccc1NC(=O)c1ccco1)C(=O)O. The third-order valence-corrected chi connectivity index (χ3v) is 4.24. The lowest BCUT2D eigenvalue weighted by atomic mass is 9.94. The first-order chi connectivity index (χ1) is 12.5. The minimum Gasteiger partial charge on any atom is -0.480 e. The number of hydrogen-bond acceptors (Lipinski definition) is 4. The number of nitrogens with one attached hydrogen (secondary N) is 2. The van der Waals surface area contributed by atoms with Gasteiger partial charge in [-0.15, -0.1) is 0 Å². The molecule has 2 amide bonds. The van der Waals surface area contributed by atoms with E-state index in [-0.39, 0.29) is 22.9 Å². The van der Waals surface area contributed by atoms with Crippen molar-refractivity contribution >= 4 is 23.5 Å². The van der Waals surface area contributed by atoms with Gasteiger partial charge in [-0.1, -0.05) is 38.8 Å². The van der Waals surface area contributed by atoms with Crippen molar-refractivity contribution in [1.29, 1.82) is 0 Å². The van der Waals surface area contributed by atoms with Crippen LogP contribution in [0.3, 0.4) is 0 Å². The molecule has 138 valence electrons. The molecular weight excluding hydrogens is 336 g/mol. The topological polar surface area (TPSA) is 109 Å². The Balaban J connectivity index is 2.21. The number of anilines is 1. The van der Waals surface area contributed by atoms with E-state index in [1.165, 1.54) is 18.4 Å². The van der Waals surface area contributed by atoms with Gasteiger partial charge in [0.25, 0.3) is 11.8 Å². The van der Waals surface area contributed by atoms with Crippen LogP contribution in [0.4, 0.5) is 5.69 Å². The summed E-state index contributed by atoms with van der Waals surface area (Å²) in [5.74, 6) is -2.20. The molecule has 0 fully saturated rings. The van der Waals surface area contributed by atoms with E-state index < -0.39 is 23.8 Å². The molecule has 0 bridgehead atoms. The first kappa shape index (κ1) is 19.2. The van der Waals surface area contributed by atoms with Crippen LogP contribution >= 0.6 is 0 Å². The van der Waals surface area contributed by atoms with E-state index in [2.05, 4.69) is 10.6 Å². The monoisotopic (exact) mass is 358 g/mol. The van der Waals surface area contributed by atoms with Gasteiger partial charge in [0.05, 0.1) is 17.5 Å². The second-order valence-electron chi connectivity index (χ2n) is 5.84. The number of rotatable bonds is 8. The molecule has 1 heterocycles. The van der Waals surface area contributed by atoms with Crippen LogP contribution in [0.2, 0.25) is 0 Å². The molecule has 0 aliphatic carbocycles. The molecule has 26 heavy (non-hydrogen) atoms. The first-order valence-electron chi connectivity index (χ1n) is 8.45. The fraction of sp³-hybridized carbons (Fsp3) is 0.316. The highest BCUT2D eigenvalue weighted by Crippen LogP contribution is 2.19. The average molecular weight is 358 g/mol. The van der Waals surface area contributed by atoms with Crippen LogP contribution < -0.4 is 10.6 Å². The summed E-state index contributed by atoms with van der Waals surface area (Å²) >= 11 is 0. The standard InChI is InChI=1S/C19H22N2O5/c1-3-12(4-2)16(19(24)25)21-17(22)13-8-5-6-9-14(13)20-18(23)15-10-7-11-26-15/h5-12,16H,3-4H2,1-2H3,(H,20,23)(H,21,22)(H,24,25). The van der Waals surface area contributed by atoms with Crippen LogP contribution in [0.1, 0.15) is 47.6 Å². The molecule has 0 spiro atoms. The molecule has 1 aromatic carbocycles. The highest BCUT2D eigenvalue weighted by molar-refractivity contribution is 6.08. The Bertz CT molecular complexity index is 766. The number of carbonyl (C=O) groups excluding carboxylic acids is 2. The molecule has 7 nitrogen and oxygen atoms in total. The van der Waals surface area contributed by atoms with Crippen LogP contribution in [0.25, 0.3) is 0 Å². The number of furan rings is 1. The average Bonchev–Trinajstić information content (AvgIpc) is 3.16. The molecule has 7 heteroatoms. The highest BCUT2D eigenvalue weighted by Gasteiger charge is 2.28. The second kappa shape index (κ2) is 8.84. The zero-order valence-electron chi connectivity index (χ0n) is 14.7. The van der Waals surface area contributed by atoms with Crippen molar-refractivity contribution in [3.63, 3.8) is 0 Å². The van der Waals surface area contributed by atoms with Gasteiger partial charge in [-0.2, -0.15) is 0 Å². The number of benzene rings is 1. The van der Waals surface area contributed by atoms with Crippen molar-refractivity contribution in [2.24, 2.45) is 5.92 Å². The lowest BCUT2D eigenvalue weighted by molar-refractivity contribution is -0.140. The van der Waals surface area contributed by atoms with E-state index in [4.69, 9.17) is 4.42 Å². The van der Waals surface area contributed by atoms with Crippen LogP contribution in [0.5, 0.6) is 0 Å². The van der Waals surface area contributed by atoms with Gasteiger partial charge in [0.15, 0.2) is 5.76 Å². The van der Waals surface area contributed by atoms with Gasteiger partial charge in [-0.25, -0.2) is 4.79 Å². The number of hydrogen-bond donors (Lipinski definition) is 3. The maximum atomic E-state index is 12.6. The van der Waals surface area contributed by atoms with Crippen molar-refractivity contribution in [1.82, 2.24) is 5.32 Å². The van der Waals surface area contributed by atoms with E-state index in [0.29, 0.717) is 12.8 Å². The van der Waals surface area contributed by atoms with Crippen molar-refractivity contribution in [3.05, 3.63) is 54.0 Å². The van der Waals surface area contributed by atoms with Crippen molar-refractivity contribution < 1.29 is 23.9 Å². The molecule has 2 aromatic rings. The third kappa shape index (κ3) is 4.50. The lowest BCUT2D eigenvalue weighted by Gasteiger charge is -2.23. The van der Waals surface area contributed by atoms with Crippen LogP contribution in [-0.2, 0) is 4.79 Å². The maximum absolute atomic E-state index is 12.6. The summed E-state index contributed by atoms with van der Waals surface area (Å²) in [6, 6.07) is 8.51. The summed E-state index contributed by atoms with van der Waals surface area (Å²) in [7, 11) is 0. The molecule has 0 saturated carbocycles. The largest absolute Gasteiger partial charge is 0.480 e. The van der Waals surface area contributed by atoms with Gasteiger partial charge in [0, 0.05) is 0 Å².